The number of phenolic OH excluding ortho intramolecular Hbond substituents is 1. The van der Waals surface area contributed by atoms with Crippen molar-refractivity contribution in [2.24, 2.45) is 0 Å². The van der Waals surface area contributed by atoms with Gasteiger partial charge in [-0.25, -0.2) is 4.39 Å². The van der Waals surface area contributed by atoms with Gasteiger partial charge in [-0.2, -0.15) is 0 Å². The van der Waals surface area contributed by atoms with Crippen molar-refractivity contribution in [1.82, 2.24) is 5.32 Å². The standard InChI is InChI=1S/C11H14FNO/c12-10-5-2-6-13-11(10)8-3-1-4-9(14)7-8/h1,3-4,7,10-11,13-14H,2,5-6H2. The van der Waals surface area contributed by atoms with Crippen molar-refractivity contribution in [2.75, 3.05) is 6.54 Å². The van der Waals surface area contributed by atoms with Gasteiger partial charge in [0, 0.05) is 0 Å². The topological polar surface area (TPSA) is 32.3 Å². The van der Waals surface area contributed by atoms with Crippen LogP contribution in [0.25, 0.3) is 0 Å². The highest BCUT2D eigenvalue weighted by Crippen LogP contribution is 2.27. The first-order chi connectivity index (χ1) is 6.77. The van der Waals surface area contributed by atoms with Crippen molar-refractivity contribution in [2.45, 2.75) is 25.1 Å². The number of rotatable bonds is 1. The SMILES string of the molecule is Oc1cccc(C2NCCCC2F)c1. The molecule has 1 saturated heterocycles. The van der Waals surface area contributed by atoms with E-state index in [1.54, 1.807) is 18.2 Å². The van der Waals surface area contributed by atoms with Crippen molar-refractivity contribution >= 4 is 0 Å². The number of piperidine rings is 1. The fraction of sp³-hybridized carbons (Fsp3) is 0.455. The first-order valence-electron chi connectivity index (χ1n) is 4.94. The van der Waals surface area contributed by atoms with Crippen LogP contribution in [-0.4, -0.2) is 17.8 Å². The summed E-state index contributed by atoms with van der Waals surface area (Å²) in [7, 11) is 0. The fourth-order valence-electron chi connectivity index (χ4n) is 1.89. The maximum atomic E-state index is 13.5. The average molecular weight is 195 g/mol. The summed E-state index contributed by atoms with van der Waals surface area (Å²) in [6.45, 7) is 0.848. The van der Waals surface area contributed by atoms with E-state index in [-0.39, 0.29) is 11.8 Å². The summed E-state index contributed by atoms with van der Waals surface area (Å²) < 4.78 is 13.5. The third kappa shape index (κ3) is 1.87. The smallest absolute Gasteiger partial charge is 0.120 e. The number of benzene rings is 1. The number of aromatic hydroxyl groups is 1. The molecule has 1 aliphatic rings. The summed E-state index contributed by atoms with van der Waals surface area (Å²) in [5.74, 6) is 0.196. The van der Waals surface area contributed by atoms with Gasteiger partial charge in [-0.15, -0.1) is 0 Å². The monoisotopic (exact) mass is 195 g/mol. The van der Waals surface area contributed by atoms with Crippen LogP contribution in [-0.2, 0) is 0 Å². The maximum Gasteiger partial charge on any atom is 0.120 e. The molecule has 2 nitrogen and oxygen atoms in total. The quantitative estimate of drug-likeness (QED) is 0.719. The number of phenols is 1. The van der Waals surface area contributed by atoms with Crippen LogP contribution in [0.3, 0.4) is 0 Å². The Bertz CT molecular complexity index is 316. The predicted octanol–water partition coefficient (Wildman–Crippen LogP) is 2.15. The van der Waals surface area contributed by atoms with Crippen LogP contribution < -0.4 is 5.32 Å². The number of halogens is 1. The Morgan fingerprint density at radius 1 is 1.43 bits per heavy atom. The number of nitrogens with one attached hydrogen (secondary N) is 1. The highest BCUT2D eigenvalue weighted by Gasteiger charge is 2.25. The zero-order chi connectivity index (χ0) is 9.97. The van der Waals surface area contributed by atoms with Gasteiger partial charge < -0.3 is 10.4 Å². The Balaban J connectivity index is 2.20. The molecule has 1 aromatic carbocycles. The third-order valence-electron chi connectivity index (χ3n) is 2.61. The highest BCUT2D eigenvalue weighted by molar-refractivity contribution is 5.30. The normalized spacial score (nSPS) is 27.5. The lowest BCUT2D eigenvalue weighted by Crippen LogP contribution is -2.35. The Kier molecular flexibility index (Phi) is 2.68. The van der Waals surface area contributed by atoms with Crippen molar-refractivity contribution in [3.05, 3.63) is 29.8 Å². The number of hydrogen-bond acceptors (Lipinski definition) is 2. The van der Waals surface area contributed by atoms with Crippen molar-refractivity contribution in [3.63, 3.8) is 0 Å². The van der Waals surface area contributed by atoms with Gasteiger partial charge in [0.15, 0.2) is 0 Å². The molecule has 2 atom stereocenters. The van der Waals surface area contributed by atoms with Crippen molar-refractivity contribution < 1.29 is 9.50 Å². The van der Waals surface area contributed by atoms with E-state index in [9.17, 15) is 9.50 Å². The van der Waals surface area contributed by atoms with E-state index in [0.717, 1.165) is 18.5 Å². The predicted molar refractivity (Wildman–Crippen MR) is 53.0 cm³/mol. The van der Waals surface area contributed by atoms with Gasteiger partial charge in [0.25, 0.3) is 0 Å². The Morgan fingerprint density at radius 3 is 3.00 bits per heavy atom. The van der Waals surface area contributed by atoms with E-state index in [4.69, 9.17) is 0 Å². The van der Waals surface area contributed by atoms with Gasteiger partial charge in [0.2, 0.25) is 0 Å². The second-order valence-electron chi connectivity index (χ2n) is 3.69. The molecule has 76 valence electrons. The molecule has 1 aliphatic heterocycles. The molecule has 0 spiro atoms. The van der Waals surface area contributed by atoms with E-state index >= 15 is 0 Å². The van der Waals surface area contributed by atoms with Crippen LogP contribution in [0.15, 0.2) is 24.3 Å². The molecule has 0 saturated carbocycles. The number of alkyl halides is 1. The average Bonchev–Trinajstić information content (AvgIpc) is 2.18. The summed E-state index contributed by atoms with van der Waals surface area (Å²) in [6.07, 6.45) is 0.648. The van der Waals surface area contributed by atoms with Gasteiger partial charge in [-0.1, -0.05) is 12.1 Å². The van der Waals surface area contributed by atoms with E-state index < -0.39 is 6.17 Å². The molecule has 14 heavy (non-hydrogen) atoms. The second kappa shape index (κ2) is 3.96. The molecule has 0 bridgehead atoms. The van der Waals surface area contributed by atoms with Crippen molar-refractivity contribution in [1.29, 1.82) is 0 Å². The van der Waals surface area contributed by atoms with Gasteiger partial charge in [-0.3, -0.25) is 0 Å². The summed E-state index contributed by atoms with van der Waals surface area (Å²) in [5, 5.41) is 12.4. The molecule has 0 radical (unpaired) electrons. The molecule has 3 heteroatoms. The number of hydrogen-bond donors (Lipinski definition) is 2. The van der Waals surface area contributed by atoms with Crippen molar-refractivity contribution in [3.8, 4) is 5.75 Å². The zero-order valence-corrected chi connectivity index (χ0v) is 7.91. The van der Waals surface area contributed by atoms with Crippen LogP contribution in [0, 0.1) is 0 Å². The Labute approximate surface area is 82.8 Å². The summed E-state index contributed by atoms with van der Waals surface area (Å²) in [4.78, 5) is 0. The minimum absolute atomic E-state index is 0.196. The highest BCUT2D eigenvalue weighted by atomic mass is 19.1. The lowest BCUT2D eigenvalue weighted by Gasteiger charge is -2.27. The molecule has 0 amide bonds. The van der Waals surface area contributed by atoms with Crippen LogP contribution in [0.4, 0.5) is 4.39 Å². The molecule has 0 aromatic heterocycles. The summed E-state index contributed by atoms with van der Waals surface area (Å²) in [6, 6.07) is 6.55. The molecule has 1 aromatic rings. The molecule has 2 rings (SSSR count). The largest absolute Gasteiger partial charge is 0.508 e. The minimum atomic E-state index is -0.842. The molecular formula is C11H14FNO. The molecule has 1 heterocycles. The first kappa shape index (κ1) is 9.46. The van der Waals surface area contributed by atoms with Gasteiger partial charge in [-0.05, 0) is 37.1 Å². The van der Waals surface area contributed by atoms with Crippen LogP contribution in [0.1, 0.15) is 24.4 Å². The van der Waals surface area contributed by atoms with Crippen LogP contribution in [0.2, 0.25) is 0 Å². The Morgan fingerprint density at radius 2 is 2.29 bits per heavy atom. The Hall–Kier alpha value is -1.09. The minimum Gasteiger partial charge on any atom is -0.508 e. The van der Waals surface area contributed by atoms with Gasteiger partial charge in [0.1, 0.15) is 11.9 Å². The lowest BCUT2D eigenvalue weighted by atomic mass is 9.96. The van der Waals surface area contributed by atoms with Gasteiger partial charge in [0.05, 0.1) is 6.04 Å². The third-order valence-corrected chi connectivity index (χ3v) is 2.61. The van der Waals surface area contributed by atoms with E-state index in [1.165, 1.54) is 0 Å². The first-order valence-corrected chi connectivity index (χ1v) is 4.94. The molecular weight excluding hydrogens is 181 g/mol. The lowest BCUT2D eigenvalue weighted by molar-refractivity contribution is 0.201. The van der Waals surface area contributed by atoms with Crippen LogP contribution >= 0.6 is 0 Å². The molecule has 1 fully saturated rings. The van der Waals surface area contributed by atoms with E-state index in [0.29, 0.717) is 6.42 Å². The zero-order valence-electron chi connectivity index (χ0n) is 7.91. The maximum absolute atomic E-state index is 13.5. The summed E-state index contributed by atoms with van der Waals surface area (Å²) >= 11 is 0. The molecule has 2 unspecified atom stereocenters. The van der Waals surface area contributed by atoms with E-state index in [1.807, 2.05) is 6.07 Å². The second-order valence-corrected chi connectivity index (χ2v) is 3.69. The van der Waals surface area contributed by atoms with E-state index in [2.05, 4.69) is 5.32 Å². The molecule has 2 N–H and O–H groups in total. The fourth-order valence-corrected chi connectivity index (χ4v) is 1.89. The summed E-state index contributed by atoms with van der Waals surface area (Å²) in [5.41, 5.74) is 0.831. The van der Waals surface area contributed by atoms with Gasteiger partial charge >= 0.3 is 0 Å². The molecule has 0 aliphatic carbocycles. The van der Waals surface area contributed by atoms with Crippen LogP contribution in [0.5, 0.6) is 5.75 Å².